The minimum Gasteiger partial charge on any atom is -0.427 e. The lowest BCUT2D eigenvalue weighted by molar-refractivity contribution is -0.131. The maximum Gasteiger partial charge on any atom is 0.308 e. The molecular weight excluding hydrogens is 328 g/mol. The van der Waals surface area contributed by atoms with Crippen molar-refractivity contribution in [1.29, 1.82) is 0 Å². The molecule has 1 heterocycles. The zero-order valence-electron chi connectivity index (χ0n) is 15.6. The maximum atomic E-state index is 11.3. The summed E-state index contributed by atoms with van der Waals surface area (Å²) in [5, 5.41) is 6.45. The number of nitrogens with one attached hydrogen (secondary N) is 2. The number of carbonyl (C=O) groups excluding carboxylic acids is 2. The van der Waals surface area contributed by atoms with Crippen LogP contribution in [-0.2, 0) is 16.0 Å². The van der Waals surface area contributed by atoms with Crippen molar-refractivity contribution >= 4 is 23.3 Å². The summed E-state index contributed by atoms with van der Waals surface area (Å²) >= 11 is 0. The maximum absolute atomic E-state index is 11.3. The van der Waals surface area contributed by atoms with Crippen molar-refractivity contribution in [2.24, 2.45) is 5.41 Å². The number of benzene rings is 2. The van der Waals surface area contributed by atoms with Crippen LogP contribution in [0.1, 0.15) is 44.9 Å². The highest BCUT2D eigenvalue weighted by Crippen LogP contribution is 2.45. The summed E-state index contributed by atoms with van der Waals surface area (Å²) in [5.74, 6) is 0.168. The number of carbonyl (C=O) groups is 2. The van der Waals surface area contributed by atoms with Gasteiger partial charge in [-0.3, -0.25) is 9.59 Å². The molecule has 1 aliphatic rings. The van der Waals surface area contributed by atoms with Gasteiger partial charge < -0.3 is 15.4 Å². The second kappa shape index (κ2) is 6.83. The summed E-state index contributed by atoms with van der Waals surface area (Å²) in [6, 6.07) is 13.7. The van der Waals surface area contributed by atoms with Crippen molar-refractivity contribution in [3.63, 3.8) is 0 Å². The fourth-order valence-corrected chi connectivity index (χ4v) is 3.56. The van der Waals surface area contributed by atoms with Crippen LogP contribution in [0, 0.1) is 5.41 Å². The van der Waals surface area contributed by atoms with Gasteiger partial charge in [-0.2, -0.15) is 0 Å². The van der Waals surface area contributed by atoms with Crippen LogP contribution < -0.4 is 15.4 Å². The number of esters is 1. The van der Waals surface area contributed by atoms with Gasteiger partial charge >= 0.3 is 5.97 Å². The van der Waals surface area contributed by atoms with Crippen molar-refractivity contribution < 1.29 is 14.3 Å². The van der Waals surface area contributed by atoms with Gasteiger partial charge in [0.1, 0.15) is 5.75 Å². The molecule has 1 aliphatic heterocycles. The lowest BCUT2D eigenvalue weighted by Gasteiger charge is -2.41. The zero-order valence-corrected chi connectivity index (χ0v) is 15.6. The van der Waals surface area contributed by atoms with E-state index in [2.05, 4.69) is 30.5 Å². The minimum absolute atomic E-state index is 0.0588. The standard InChI is InChI=1S/C21H24N2O3/c1-13(24)22-17-7-5-6-15(10-17)20-21(3,4)12-16-11-18(26-14(2)25)8-9-19(16)23-20/h5-11,20,23H,12H2,1-4H3,(H,22,24). The van der Waals surface area contributed by atoms with E-state index in [4.69, 9.17) is 4.74 Å². The van der Waals surface area contributed by atoms with Gasteiger partial charge in [0.05, 0.1) is 6.04 Å². The van der Waals surface area contributed by atoms with E-state index >= 15 is 0 Å². The van der Waals surface area contributed by atoms with Crippen molar-refractivity contribution in [3.05, 3.63) is 53.6 Å². The number of fused-ring (bicyclic) bond motifs is 1. The van der Waals surface area contributed by atoms with Crippen LogP contribution in [0.4, 0.5) is 11.4 Å². The lowest BCUT2D eigenvalue weighted by Crippen LogP contribution is -2.35. The summed E-state index contributed by atoms with van der Waals surface area (Å²) in [6.07, 6.45) is 0.847. The lowest BCUT2D eigenvalue weighted by atomic mass is 9.73. The molecule has 3 rings (SSSR count). The summed E-state index contributed by atoms with van der Waals surface area (Å²) in [7, 11) is 0. The Morgan fingerprint density at radius 1 is 1.15 bits per heavy atom. The Morgan fingerprint density at radius 2 is 1.92 bits per heavy atom. The molecule has 5 heteroatoms. The summed E-state index contributed by atoms with van der Waals surface area (Å²) < 4.78 is 5.21. The van der Waals surface area contributed by atoms with E-state index in [-0.39, 0.29) is 23.3 Å². The van der Waals surface area contributed by atoms with Gasteiger partial charge in [0, 0.05) is 25.2 Å². The average molecular weight is 352 g/mol. The fraction of sp³-hybridized carbons (Fsp3) is 0.333. The first-order chi connectivity index (χ1) is 12.2. The van der Waals surface area contributed by atoms with E-state index in [1.165, 1.54) is 13.8 Å². The Bertz CT molecular complexity index is 858. The third-order valence-electron chi connectivity index (χ3n) is 4.61. The van der Waals surface area contributed by atoms with Crippen LogP contribution in [0.3, 0.4) is 0 Å². The fourth-order valence-electron chi connectivity index (χ4n) is 3.56. The minimum atomic E-state index is -0.319. The molecule has 2 aromatic carbocycles. The number of hydrogen-bond donors (Lipinski definition) is 2. The molecule has 26 heavy (non-hydrogen) atoms. The van der Waals surface area contributed by atoms with Crippen molar-refractivity contribution in [1.82, 2.24) is 0 Å². The Balaban J connectivity index is 1.91. The highest BCUT2D eigenvalue weighted by atomic mass is 16.5. The molecule has 0 spiro atoms. The van der Waals surface area contributed by atoms with Gasteiger partial charge in [0.2, 0.25) is 5.91 Å². The third kappa shape index (κ3) is 3.87. The molecule has 0 fully saturated rings. The molecule has 2 aromatic rings. The van der Waals surface area contributed by atoms with Crippen LogP contribution >= 0.6 is 0 Å². The predicted molar refractivity (Wildman–Crippen MR) is 102 cm³/mol. The smallest absolute Gasteiger partial charge is 0.308 e. The number of ether oxygens (including phenoxy) is 1. The van der Waals surface area contributed by atoms with E-state index in [0.29, 0.717) is 5.75 Å². The Hall–Kier alpha value is -2.82. The van der Waals surface area contributed by atoms with Crippen molar-refractivity contribution in [3.8, 4) is 5.75 Å². The van der Waals surface area contributed by atoms with Gasteiger partial charge in [-0.15, -0.1) is 0 Å². The highest BCUT2D eigenvalue weighted by molar-refractivity contribution is 5.88. The molecule has 5 nitrogen and oxygen atoms in total. The quantitative estimate of drug-likeness (QED) is 0.638. The van der Waals surface area contributed by atoms with Crippen LogP contribution in [0.5, 0.6) is 5.75 Å². The molecule has 0 aliphatic carbocycles. The first-order valence-corrected chi connectivity index (χ1v) is 8.70. The van der Waals surface area contributed by atoms with E-state index in [9.17, 15) is 9.59 Å². The van der Waals surface area contributed by atoms with Gasteiger partial charge in [-0.05, 0) is 53.3 Å². The number of hydrogen-bond acceptors (Lipinski definition) is 4. The highest BCUT2D eigenvalue weighted by Gasteiger charge is 2.36. The second-order valence-corrected chi connectivity index (χ2v) is 7.46. The van der Waals surface area contributed by atoms with Crippen molar-refractivity contribution in [2.75, 3.05) is 10.6 Å². The monoisotopic (exact) mass is 352 g/mol. The molecule has 1 unspecified atom stereocenters. The predicted octanol–water partition coefficient (Wildman–Crippen LogP) is 4.31. The average Bonchev–Trinajstić information content (AvgIpc) is 2.52. The van der Waals surface area contributed by atoms with Crippen LogP contribution in [0.15, 0.2) is 42.5 Å². The van der Waals surface area contributed by atoms with Gasteiger partial charge in [-0.25, -0.2) is 0 Å². The molecule has 0 radical (unpaired) electrons. The number of rotatable bonds is 3. The van der Waals surface area contributed by atoms with Crippen molar-refractivity contribution in [2.45, 2.75) is 40.2 Å². The Kier molecular flexibility index (Phi) is 4.72. The first-order valence-electron chi connectivity index (χ1n) is 8.70. The normalized spacial score (nSPS) is 17.6. The number of anilines is 2. The molecule has 1 amide bonds. The summed E-state index contributed by atoms with van der Waals surface area (Å²) in [4.78, 5) is 22.5. The zero-order chi connectivity index (χ0) is 18.9. The third-order valence-corrected chi connectivity index (χ3v) is 4.61. The Labute approximate surface area is 153 Å². The Morgan fingerprint density at radius 3 is 2.62 bits per heavy atom. The molecule has 0 bridgehead atoms. The second-order valence-electron chi connectivity index (χ2n) is 7.46. The molecular formula is C21H24N2O3. The van der Waals surface area contributed by atoms with Crippen LogP contribution in [-0.4, -0.2) is 11.9 Å². The molecule has 0 saturated carbocycles. The molecule has 1 atom stereocenters. The SMILES string of the molecule is CC(=O)Nc1cccc(C2Nc3ccc(OC(C)=O)cc3CC2(C)C)c1. The van der Waals surface area contributed by atoms with Gasteiger partial charge in [-0.1, -0.05) is 26.0 Å². The van der Waals surface area contributed by atoms with Crippen LogP contribution in [0.25, 0.3) is 0 Å². The van der Waals surface area contributed by atoms with E-state index in [1.54, 1.807) is 6.07 Å². The summed E-state index contributed by atoms with van der Waals surface area (Å²) in [5.41, 5.74) is 4.02. The molecule has 0 saturated heterocycles. The van der Waals surface area contributed by atoms with Crippen LogP contribution in [0.2, 0.25) is 0 Å². The van der Waals surface area contributed by atoms with Gasteiger partial charge in [0.25, 0.3) is 0 Å². The van der Waals surface area contributed by atoms with E-state index in [0.717, 1.165) is 28.9 Å². The topological polar surface area (TPSA) is 67.4 Å². The number of amides is 1. The van der Waals surface area contributed by atoms with Gasteiger partial charge in [0.15, 0.2) is 0 Å². The van der Waals surface area contributed by atoms with E-state index < -0.39 is 0 Å². The summed E-state index contributed by atoms with van der Waals surface area (Å²) in [6.45, 7) is 7.32. The molecule has 0 aromatic heterocycles. The molecule has 2 N–H and O–H groups in total. The first kappa shape index (κ1) is 18.0. The molecule has 136 valence electrons. The van der Waals surface area contributed by atoms with E-state index in [1.807, 2.05) is 30.3 Å². The largest absolute Gasteiger partial charge is 0.427 e.